The summed E-state index contributed by atoms with van der Waals surface area (Å²) in [5, 5.41) is 6.16. The third-order valence-electron chi connectivity index (χ3n) is 3.67. The minimum absolute atomic E-state index is 0.661. The SMILES string of the molecule is Clc1ccccc1Cn1cc(C=Cc2nc3ccccc3s2)cn1. The Morgan fingerprint density at radius 3 is 2.75 bits per heavy atom. The summed E-state index contributed by atoms with van der Waals surface area (Å²) in [4.78, 5) is 4.60. The summed E-state index contributed by atoms with van der Waals surface area (Å²) in [7, 11) is 0. The first-order chi connectivity index (χ1) is 11.8. The van der Waals surface area contributed by atoms with Crippen LogP contribution in [-0.4, -0.2) is 14.8 Å². The fourth-order valence-electron chi connectivity index (χ4n) is 2.48. The van der Waals surface area contributed by atoms with Crippen LogP contribution in [0.3, 0.4) is 0 Å². The van der Waals surface area contributed by atoms with Crippen molar-refractivity contribution in [1.82, 2.24) is 14.8 Å². The minimum atomic E-state index is 0.661. The molecule has 2 heterocycles. The van der Waals surface area contributed by atoms with Crippen LogP contribution >= 0.6 is 22.9 Å². The van der Waals surface area contributed by atoms with Crippen LogP contribution in [0.25, 0.3) is 22.4 Å². The zero-order chi connectivity index (χ0) is 16.4. The summed E-state index contributed by atoms with van der Waals surface area (Å²) < 4.78 is 3.09. The first-order valence-corrected chi connectivity index (χ1v) is 8.77. The predicted molar refractivity (Wildman–Crippen MR) is 101 cm³/mol. The maximum absolute atomic E-state index is 6.20. The van der Waals surface area contributed by atoms with Crippen molar-refractivity contribution in [2.45, 2.75) is 6.54 Å². The molecule has 2 aromatic heterocycles. The Morgan fingerprint density at radius 2 is 1.88 bits per heavy atom. The topological polar surface area (TPSA) is 30.7 Å². The van der Waals surface area contributed by atoms with Crippen LogP contribution in [0.2, 0.25) is 5.02 Å². The molecule has 3 nitrogen and oxygen atoms in total. The maximum Gasteiger partial charge on any atom is 0.117 e. The molecule has 0 saturated carbocycles. The van der Waals surface area contributed by atoms with Crippen molar-refractivity contribution in [3.05, 3.63) is 82.1 Å². The van der Waals surface area contributed by atoms with Crippen molar-refractivity contribution in [2.75, 3.05) is 0 Å². The van der Waals surface area contributed by atoms with Gasteiger partial charge in [0.1, 0.15) is 5.01 Å². The molecule has 24 heavy (non-hydrogen) atoms. The van der Waals surface area contributed by atoms with Gasteiger partial charge in [0.2, 0.25) is 0 Å². The van der Waals surface area contributed by atoms with Crippen molar-refractivity contribution < 1.29 is 0 Å². The number of aromatic nitrogens is 3. The van der Waals surface area contributed by atoms with Crippen LogP contribution < -0.4 is 0 Å². The van der Waals surface area contributed by atoms with Crippen LogP contribution in [0, 0.1) is 0 Å². The van der Waals surface area contributed by atoms with E-state index in [9.17, 15) is 0 Å². The Bertz CT molecular complexity index is 983. The molecule has 0 atom stereocenters. The number of hydrogen-bond acceptors (Lipinski definition) is 3. The molecule has 0 spiro atoms. The van der Waals surface area contributed by atoms with Crippen molar-refractivity contribution in [3.8, 4) is 0 Å². The first-order valence-electron chi connectivity index (χ1n) is 7.57. The van der Waals surface area contributed by atoms with Gasteiger partial charge in [-0.15, -0.1) is 11.3 Å². The maximum atomic E-state index is 6.20. The molecular formula is C19H14ClN3S. The van der Waals surface area contributed by atoms with Crippen molar-refractivity contribution in [3.63, 3.8) is 0 Å². The highest BCUT2D eigenvalue weighted by Crippen LogP contribution is 2.23. The predicted octanol–water partition coefficient (Wildman–Crippen LogP) is 5.36. The number of fused-ring (bicyclic) bond motifs is 1. The number of para-hydroxylation sites is 1. The lowest BCUT2D eigenvalue weighted by atomic mass is 10.2. The Morgan fingerprint density at radius 1 is 1.04 bits per heavy atom. The molecule has 5 heteroatoms. The van der Waals surface area contributed by atoms with Crippen molar-refractivity contribution in [2.24, 2.45) is 0 Å². The summed E-state index contributed by atoms with van der Waals surface area (Å²) in [6.45, 7) is 0.661. The molecular weight excluding hydrogens is 338 g/mol. The number of hydrogen-bond donors (Lipinski definition) is 0. The minimum Gasteiger partial charge on any atom is -0.268 e. The molecule has 0 N–H and O–H groups in total. The Kier molecular flexibility index (Phi) is 4.15. The molecule has 0 aliphatic rings. The summed E-state index contributed by atoms with van der Waals surface area (Å²) in [5.74, 6) is 0. The quantitative estimate of drug-likeness (QED) is 0.495. The molecule has 0 fully saturated rings. The summed E-state index contributed by atoms with van der Waals surface area (Å²) in [6.07, 6.45) is 7.92. The average molecular weight is 352 g/mol. The fourth-order valence-corrected chi connectivity index (χ4v) is 3.55. The van der Waals surface area contributed by atoms with E-state index in [2.05, 4.69) is 16.1 Å². The first kappa shape index (κ1) is 15.1. The lowest BCUT2D eigenvalue weighted by Crippen LogP contribution is -2.00. The normalized spacial score (nSPS) is 11.5. The zero-order valence-corrected chi connectivity index (χ0v) is 14.3. The molecule has 0 unspecified atom stereocenters. The summed E-state index contributed by atoms with van der Waals surface area (Å²) in [5.41, 5.74) is 3.14. The van der Waals surface area contributed by atoms with Gasteiger partial charge in [-0.1, -0.05) is 41.9 Å². The Labute approximate surface area is 148 Å². The second kappa shape index (κ2) is 6.59. The summed E-state index contributed by atoms with van der Waals surface area (Å²) in [6, 6.07) is 16.0. The van der Waals surface area contributed by atoms with Gasteiger partial charge in [0.25, 0.3) is 0 Å². The van der Waals surface area contributed by atoms with E-state index in [0.29, 0.717) is 6.54 Å². The second-order valence-corrected chi connectivity index (χ2v) is 6.89. The molecule has 4 aromatic rings. The second-order valence-electron chi connectivity index (χ2n) is 5.42. The van der Waals surface area contributed by atoms with E-state index in [1.165, 1.54) is 4.70 Å². The fraction of sp³-hybridized carbons (Fsp3) is 0.0526. The van der Waals surface area contributed by atoms with Crippen LogP contribution in [0.4, 0.5) is 0 Å². The van der Waals surface area contributed by atoms with E-state index >= 15 is 0 Å². The molecule has 0 radical (unpaired) electrons. The Balaban J connectivity index is 1.51. The summed E-state index contributed by atoms with van der Waals surface area (Å²) >= 11 is 7.88. The van der Waals surface area contributed by atoms with E-state index < -0.39 is 0 Å². The largest absolute Gasteiger partial charge is 0.268 e. The van der Waals surface area contributed by atoms with Gasteiger partial charge in [-0.25, -0.2) is 4.98 Å². The lowest BCUT2D eigenvalue weighted by molar-refractivity contribution is 0.687. The molecule has 0 saturated heterocycles. The highest BCUT2D eigenvalue weighted by molar-refractivity contribution is 7.19. The van der Waals surface area contributed by atoms with E-state index in [4.69, 9.17) is 11.6 Å². The van der Waals surface area contributed by atoms with Gasteiger partial charge >= 0.3 is 0 Å². The highest BCUT2D eigenvalue weighted by Gasteiger charge is 2.03. The molecule has 0 bridgehead atoms. The monoisotopic (exact) mass is 351 g/mol. The standard InChI is InChI=1S/C19H14ClN3S/c20-16-6-2-1-5-15(16)13-23-12-14(11-21-23)9-10-19-22-17-7-3-4-8-18(17)24-19/h1-12H,13H2. The van der Waals surface area contributed by atoms with Crippen LogP contribution in [0.5, 0.6) is 0 Å². The smallest absolute Gasteiger partial charge is 0.117 e. The van der Waals surface area contributed by atoms with Crippen LogP contribution in [0.15, 0.2) is 60.9 Å². The van der Waals surface area contributed by atoms with E-state index in [1.807, 2.05) is 71.7 Å². The molecule has 4 rings (SSSR count). The number of rotatable bonds is 4. The molecule has 0 aliphatic heterocycles. The van der Waals surface area contributed by atoms with Gasteiger partial charge in [-0.2, -0.15) is 5.10 Å². The van der Waals surface area contributed by atoms with E-state index in [1.54, 1.807) is 11.3 Å². The third kappa shape index (κ3) is 3.25. The highest BCUT2D eigenvalue weighted by atomic mass is 35.5. The number of nitrogens with zero attached hydrogens (tertiary/aromatic N) is 3. The van der Waals surface area contributed by atoms with E-state index in [0.717, 1.165) is 26.7 Å². The number of thiazole rings is 1. The van der Waals surface area contributed by atoms with Gasteiger partial charge in [-0.3, -0.25) is 4.68 Å². The molecule has 2 aromatic carbocycles. The van der Waals surface area contributed by atoms with Gasteiger partial charge in [0, 0.05) is 16.8 Å². The molecule has 0 amide bonds. The third-order valence-corrected chi connectivity index (χ3v) is 5.04. The van der Waals surface area contributed by atoms with Crippen LogP contribution in [0.1, 0.15) is 16.1 Å². The Hall–Kier alpha value is -2.43. The van der Waals surface area contributed by atoms with Crippen molar-refractivity contribution in [1.29, 1.82) is 0 Å². The van der Waals surface area contributed by atoms with Gasteiger partial charge in [-0.05, 0) is 35.9 Å². The van der Waals surface area contributed by atoms with Gasteiger partial charge < -0.3 is 0 Å². The average Bonchev–Trinajstić information content (AvgIpc) is 3.21. The zero-order valence-electron chi connectivity index (χ0n) is 12.8. The van der Waals surface area contributed by atoms with Crippen molar-refractivity contribution >= 4 is 45.3 Å². The molecule has 0 aliphatic carbocycles. The van der Waals surface area contributed by atoms with E-state index in [-0.39, 0.29) is 0 Å². The van der Waals surface area contributed by atoms with Crippen LogP contribution in [-0.2, 0) is 6.54 Å². The molecule has 118 valence electrons. The number of benzene rings is 2. The van der Waals surface area contributed by atoms with Gasteiger partial charge in [0.15, 0.2) is 0 Å². The van der Waals surface area contributed by atoms with Gasteiger partial charge in [0.05, 0.1) is 23.0 Å². The lowest BCUT2D eigenvalue weighted by Gasteiger charge is -2.03. The number of halogens is 1.